The number of thiophene rings is 1. The Morgan fingerprint density at radius 2 is 1.90 bits per heavy atom. The molecule has 0 amide bonds. The van der Waals surface area contributed by atoms with Crippen molar-refractivity contribution >= 4 is 32.9 Å². The fraction of sp³-hybridized carbons (Fsp3) is 0.0870. The van der Waals surface area contributed by atoms with Crippen molar-refractivity contribution in [2.45, 2.75) is 12.6 Å². The predicted molar refractivity (Wildman–Crippen MR) is 122 cm³/mol. The van der Waals surface area contributed by atoms with Crippen LogP contribution in [0.15, 0.2) is 83.8 Å². The lowest BCUT2D eigenvalue weighted by atomic mass is 10.1. The van der Waals surface area contributed by atoms with E-state index >= 15 is 0 Å². The number of benzene rings is 2. The lowest BCUT2D eigenvalue weighted by molar-refractivity contribution is 0.179. The van der Waals surface area contributed by atoms with Crippen molar-refractivity contribution in [2.24, 2.45) is 5.73 Å². The molecule has 0 bridgehead atoms. The number of hydrogen-bond acceptors (Lipinski definition) is 5. The summed E-state index contributed by atoms with van der Waals surface area (Å²) in [5.74, 6) is 0.704. The summed E-state index contributed by atoms with van der Waals surface area (Å²) in [5, 5.41) is 13.1. The van der Waals surface area contributed by atoms with E-state index in [0.717, 1.165) is 15.6 Å². The van der Waals surface area contributed by atoms with Crippen LogP contribution in [-0.4, -0.2) is 20.0 Å². The molecule has 8 heteroatoms. The maximum Gasteiger partial charge on any atom is 0.350 e. The summed E-state index contributed by atoms with van der Waals surface area (Å²) < 4.78 is 10.4. The number of nitrogen functional groups attached to an aromatic ring is 1. The fourth-order valence-corrected chi connectivity index (χ4v) is 4.49. The highest BCUT2D eigenvalue weighted by atomic mass is 32.1. The topological polar surface area (TPSA) is 98.4 Å². The zero-order valence-electron chi connectivity index (χ0n) is 16.4. The van der Waals surface area contributed by atoms with E-state index in [1.165, 1.54) is 20.4 Å². The maximum atomic E-state index is 12.8. The van der Waals surface area contributed by atoms with Gasteiger partial charge in [0.05, 0.1) is 11.4 Å². The Morgan fingerprint density at radius 1 is 1.10 bits per heavy atom. The van der Waals surface area contributed by atoms with Crippen molar-refractivity contribution in [3.63, 3.8) is 0 Å². The molecule has 5 aromatic rings. The first kappa shape index (κ1) is 19.1. The van der Waals surface area contributed by atoms with Crippen LogP contribution in [0, 0.1) is 5.41 Å². The monoisotopic (exact) mass is 429 g/mol. The van der Waals surface area contributed by atoms with Crippen molar-refractivity contribution in [3.8, 4) is 5.75 Å². The van der Waals surface area contributed by atoms with Crippen LogP contribution >= 0.6 is 11.3 Å². The van der Waals surface area contributed by atoms with Crippen LogP contribution in [0.1, 0.15) is 16.5 Å². The summed E-state index contributed by atoms with van der Waals surface area (Å²) in [6.07, 6.45) is 1.27. The normalized spacial score (nSPS) is 12.3. The Morgan fingerprint density at radius 3 is 2.68 bits per heavy atom. The van der Waals surface area contributed by atoms with Gasteiger partial charge in [0.1, 0.15) is 17.7 Å². The molecule has 0 saturated heterocycles. The molecule has 0 aliphatic heterocycles. The zero-order valence-corrected chi connectivity index (χ0v) is 17.3. The average Bonchev–Trinajstić information content (AvgIpc) is 3.37. The Hall–Kier alpha value is -3.91. The van der Waals surface area contributed by atoms with Gasteiger partial charge in [-0.05, 0) is 35.9 Å². The van der Waals surface area contributed by atoms with E-state index in [0.29, 0.717) is 16.3 Å². The SMILES string of the molecule is N=C(N)c1cc2c(OC(Cn3nc4ccccn4c3=O)c3ccccc3)cccc2s1. The van der Waals surface area contributed by atoms with E-state index in [9.17, 15) is 4.79 Å². The molecular formula is C23H19N5O2S. The Labute approximate surface area is 181 Å². The first-order valence-corrected chi connectivity index (χ1v) is 10.5. The van der Waals surface area contributed by atoms with E-state index < -0.39 is 6.10 Å². The van der Waals surface area contributed by atoms with Crippen LogP contribution in [0.25, 0.3) is 15.7 Å². The van der Waals surface area contributed by atoms with Crippen molar-refractivity contribution in [2.75, 3.05) is 0 Å². The van der Waals surface area contributed by atoms with Gasteiger partial charge >= 0.3 is 5.69 Å². The molecule has 2 aromatic carbocycles. The van der Waals surface area contributed by atoms with E-state index in [4.69, 9.17) is 15.9 Å². The Bertz CT molecular complexity index is 1450. The number of rotatable bonds is 6. The van der Waals surface area contributed by atoms with Crippen LogP contribution < -0.4 is 16.2 Å². The molecule has 31 heavy (non-hydrogen) atoms. The fourth-order valence-electron chi connectivity index (χ4n) is 3.55. The average molecular weight is 430 g/mol. The summed E-state index contributed by atoms with van der Waals surface area (Å²) in [7, 11) is 0. The van der Waals surface area contributed by atoms with E-state index in [1.807, 2.05) is 60.7 Å². The van der Waals surface area contributed by atoms with Crippen LogP contribution in [0.3, 0.4) is 0 Å². The molecule has 7 nitrogen and oxygen atoms in total. The summed E-state index contributed by atoms with van der Waals surface area (Å²) in [6.45, 7) is 0.255. The molecule has 3 N–H and O–H groups in total. The van der Waals surface area contributed by atoms with Crippen molar-refractivity contribution in [3.05, 3.63) is 99.9 Å². The van der Waals surface area contributed by atoms with Gasteiger partial charge in [-0.3, -0.25) is 9.81 Å². The Balaban J connectivity index is 1.56. The molecule has 0 aliphatic carbocycles. The van der Waals surface area contributed by atoms with Crippen LogP contribution in [-0.2, 0) is 6.54 Å². The van der Waals surface area contributed by atoms with Crippen LogP contribution in [0.5, 0.6) is 5.75 Å². The summed E-state index contributed by atoms with van der Waals surface area (Å²) in [5.41, 5.74) is 6.99. The van der Waals surface area contributed by atoms with Gasteiger partial charge in [0.2, 0.25) is 0 Å². The molecule has 1 atom stereocenters. The first-order valence-electron chi connectivity index (χ1n) is 9.73. The predicted octanol–water partition coefficient (Wildman–Crippen LogP) is 3.82. The second-order valence-corrected chi connectivity index (χ2v) is 8.19. The number of fused-ring (bicyclic) bond motifs is 2. The molecule has 3 heterocycles. The number of amidine groups is 1. The molecule has 3 aromatic heterocycles. The third-order valence-corrected chi connectivity index (χ3v) is 6.19. The molecule has 0 radical (unpaired) electrons. The first-order chi connectivity index (χ1) is 15.1. The number of pyridine rings is 1. The number of nitrogens with one attached hydrogen (secondary N) is 1. The minimum atomic E-state index is -0.435. The van der Waals surface area contributed by atoms with Crippen molar-refractivity contribution in [1.82, 2.24) is 14.2 Å². The summed E-state index contributed by atoms with van der Waals surface area (Å²) in [4.78, 5) is 13.5. The highest BCUT2D eigenvalue weighted by molar-refractivity contribution is 7.20. The molecule has 0 saturated carbocycles. The molecule has 0 aliphatic rings. The number of nitrogens with zero attached hydrogens (tertiary/aromatic N) is 3. The third kappa shape index (κ3) is 3.57. The largest absolute Gasteiger partial charge is 0.483 e. The summed E-state index contributed by atoms with van der Waals surface area (Å²) in [6, 6.07) is 22.9. The van der Waals surface area contributed by atoms with E-state index in [1.54, 1.807) is 18.3 Å². The summed E-state index contributed by atoms with van der Waals surface area (Å²) >= 11 is 1.45. The van der Waals surface area contributed by atoms with Gasteiger partial charge in [0.25, 0.3) is 0 Å². The zero-order chi connectivity index (χ0) is 21.4. The highest BCUT2D eigenvalue weighted by Gasteiger charge is 2.19. The molecule has 5 rings (SSSR count). The standard InChI is InChI=1S/C23H19N5O2S/c24-22(25)20-13-16-17(9-6-10-19(16)31-20)30-18(15-7-2-1-3-8-15)14-28-23(29)27-12-5-4-11-21(27)26-28/h1-13,18H,14H2,(H3,24,25). The number of aromatic nitrogens is 3. The van der Waals surface area contributed by atoms with Crippen molar-refractivity contribution in [1.29, 1.82) is 5.41 Å². The molecule has 0 fully saturated rings. The van der Waals surface area contributed by atoms with Crippen molar-refractivity contribution < 1.29 is 4.74 Å². The Kier molecular flexibility index (Phi) is 4.76. The van der Waals surface area contributed by atoms with Gasteiger partial charge < -0.3 is 10.5 Å². The van der Waals surface area contributed by atoms with E-state index in [2.05, 4.69) is 5.10 Å². The molecule has 1 unspecified atom stereocenters. The van der Waals surface area contributed by atoms with Gasteiger partial charge in [-0.2, -0.15) is 0 Å². The van der Waals surface area contributed by atoms with Gasteiger partial charge in [-0.15, -0.1) is 16.4 Å². The van der Waals surface area contributed by atoms with Gasteiger partial charge in [0.15, 0.2) is 5.65 Å². The molecule has 0 spiro atoms. The van der Waals surface area contributed by atoms with Gasteiger partial charge in [-0.25, -0.2) is 9.48 Å². The van der Waals surface area contributed by atoms with Crippen LogP contribution in [0.4, 0.5) is 0 Å². The van der Waals surface area contributed by atoms with E-state index in [-0.39, 0.29) is 18.1 Å². The third-order valence-electron chi connectivity index (χ3n) is 5.05. The lowest BCUT2D eigenvalue weighted by Crippen LogP contribution is -2.26. The second-order valence-electron chi connectivity index (χ2n) is 7.10. The number of nitrogens with two attached hydrogens (primary N) is 1. The molecule has 154 valence electrons. The minimum absolute atomic E-state index is 0.0306. The highest BCUT2D eigenvalue weighted by Crippen LogP contribution is 2.35. The van der Waals surface area contributed by atoms with Gasteiger partial charge in [0, 0.05) is 16.3 Å². The number of ether oxygens (including phenoxy) is 1. The van der Waals surface area contributed by atoms with Crippen LogP contribution in [0.2, 0.25) is 0 Å². The number of hydrogen-bond donors (Lipinski definition) is 2. The quantitative estimate of drug-likeness (QED) is 0.317. The lowest BCUT2D eigenvalue weighted by Gasteiger charge is -2.20. The van der Waals surface area contributed by atoms with Gasteiger partial charge in [-0.1, -0.05) is 42.5 Å². The molecular weight excluding hydrogens is 410 g/mol. The second kappa shape index (κ2) is 7.73. The maximum absolute atomic E-state index is 12.8. The smallest absolute Gasteiger partial charge is 0.350 e. The minimum Gasteiger partial charge on any atom is -0.483 e.